The van der Waals surface area contributed by atoms with E-state index in [9.17, 15) is 26.3 Å². The first-order valence-electron chi connectivity index (χ1n) is 3.93. The third kappa shape index (κ3) is 2.43. The molecule has 0 saturated heterocycles. The number of aliphatic hydroxyl groups excluding tert-OH is 1. The molecule has 0 amide bonds. The number of hydrogen-bond donors (Lipinski definition) is 1. The van der Waals surface area contributed by atoms with E-state index in [4.69, 9.17) is 5.11 Å². The van der Waals surface area contributed by atoms with Crippen molar-refractivity contribution in [2.45, 2.75) is 19.2 Å². The lowest BCUT2D eigenvalue weighted by atomic mass is 10.1. The lowest BCUT2D eigenvalue weighted by Gasteiger charge is -2.11. The number of pyridine rings is 1. The van der Waals surface area contributed by atoms with Crippen molar-refractivity contribution in [2.75, 3.05) is 0 Å². The van der Waals surface area contributed by atoms with Gasteiger partial charge in [0, 0.05) is 6.07 Å². The van der Waals surface area contributed by atoms with Gasteiger partial charge in [0.1, 0.15) is 11.5 Å². The molecule has 0 aliphatic rings. The fourth-order valence-electron chi connectivity index (χ4n) is 1.07. The molecule has 90 valence electrons. The van der Waals surface area contributed by atoms with Crippen LogP contribution >= 0.6 is 0 Å². The molecule has 0 bridgehead atoms. The van der Waals surface area contributed by atoms with Crippen LogP contribution in [0.1, 0.15) is 23.4 Å². The van der Waals surface area contributed by atoms with Gasteiger partial charge in [0.15, 0.2) is 0 Å². The van der Waals surface area contributed by atoms with E-state index in [1.165, 1.54) is 0 Å². The number of rotatable bonds is 2. The van der Waals surface area contributed by atoms with E-state index in [0.29, 0.717) is 0 Å². The lowest BCUT2D eigenvalue weighted by molar-refractivity contribution is -0.141. The predicted octanol–water partition coefficient (Wildman–Crippen LogP) is 2.67. The third-order valence-corrected chi connectivity index (χ3v) is 1.75. The topological polar surface area (TPSA) is 33.1 Å². The zero-order valence-electron chi connectivity index (χ0n) is 7.52. The van der Waals surface area contributed by atoms with E-state index in [1.807, 2.05) is 0 Å². The van der Waals surface area contributed by atoms with Crippen LogP contribution in [0.2, 0.25) is 0 Å². The number of nitrogens with zero attached hydrogens (tertiary/aromatic N) is 1. The quantitative estimate of drug-likeness (QED) is 0.812. The number of hydrogen-bond acceptors (Lipinski definition) is 2. The van der Waals surface area contributed by atoms with Crippen molar-refractivity contribution in [1.82, 2.24) is 4.98 Å². The van der Waals surface area contributed by atoms with E-state index in [1.54, 1.807) is 0 Å². The second-order valence-corrected chi connectivity index (χ2v) is 2.81. The van der Waals surface area contributed by atoms with E-state index < -0.39 is 42.0 Å². The predicted molar refractivity (Wildman–Crippen MR) is 40.1 cm³/mol. The Balaban J connectivity index is 3.38. The molecule has 0 aliphatic carbocycles. The van der Waals surface area contributed by atoms with Gasteiger partial charge in [-0.1, -0.05) is 0 Å². The fraction of sp³-hybridized carbons (Fsp3) is 0.375. The maximum atomic E-state index is 12.9. The van der Waals surface area contributed by atoms with E-state index >= 15 is 0 Å². The normalized spacial score (nSPS) is 12.2. The molecular formula is C8H5F6NO. The van der Waals surface area contributed by atoms with E-state index in [2.05, 4.69) is 4.98 Å². The lowest BCUT2D eigenvalue weighted by Crippen LogP contribution is -2.13. The Morgan fingerprint density at radius 2 is 1.88 bits per heavy atom. The van der Waals surface area contributed by atoms with Crippen LogP contribution in [0.5, 0.6) is 0 Å². The molecule has 0 fully saturated rings. The summed E-state index contributed by atoms with van der Waals surface area (Å²) in [7, 11) is 0. The summed E-state index contributed by atoms with van der Waals surface area (Å²) in [5, 5.41) is 8.55. The number of aliphatic hydroxyl groups is 1. The van der Waals surface area contributed by atoms with Crippen LogP contribution in [0.3, 0.4) is 0 Å². The van der Waals surface area contributed by atoms with Gasteiger partial charge in [-0.2, -0.15) is 13.2 Å². The molecule has 8 heteroatoms. The first-order valence-corrected chi connectivity index (χ1v) is 3.93. The zero-order valence-corrected chi connectivity index (χ0v) is 7.52. The Labute approximate surface area is 85.5 Å². The first kappa shape index (κ1) is 12.8. The van der Waals surface area contributed by atoms with Gasteiger partial charge < -0.3 is 5.11 Å². The average Bonchev–Trinajstić information content (AvgIpc) is 2.14. The van der Waals surface area contributed by atoms with Crippen molar-refractivity contribution in [3.63, 3.8) is 0 Å². The van der Waals surface area contributed by atoms with E-state index in [-0.39, 0.29) is 6.07 Å². The minimum Gasteiger partial charge on any atom is -0.390 e. The third-order valence-electron chi connectivity index (χ3n) is 1.75. The van der Waals surface area contributed by atoms with Crippen molar-refractivity contribution in [1.29, 1.82) is 0 Å². The summed E-state index contributed by atoms with van der Waals surface area (Å²) in [5.74, 6) is -1.73. The second kappa shape index (κ2) is 4.28. The molecule has 1 rings (SSSR count). The fourth-order valence-corrected chi connectivity index (χ4v) is 1.07. The molecule has 0 spiro atoms. The van der Waals surface area contributed by atoms with Gasteiger partial charge in [0.2, 0.25) is 0 Å². The Bertz CT molecular complexity index is 389. The molecule has 2 nitrogen and oxygen atoms in total. The SMILES string of the molecule is OCc1nc(C(F)(F)F)cc(F)c1C(F)F. The molecule has 1 heterocycles. The summed E-state index contributed by atoms with van der Waals surface area (Å²) in [5.41, 5.74) is -3.98. The van der Waals surface area contributed by atoms with Gasteiger partial charge >= 0.3 is 6.18 Å². The van der Waals surface area contributed by atoms with Gasteiger partial charge in [0.05, 0.1) is 17.9 Å². The number of alkyl halides is 5. The largest absolute Gasteiger partial charge is 0.433 e. The minimum absolute atomic E-state index is 0.124. The van der Waals surface area contributed by atoms with Gasteiger partial charge in [0.25, 0.3) is 6.43 Å². The first-order chi connectivity index (χ1) is 7.27. The molecule has 0 unspecified atom stereocenters. The molecule has 0 aromatic carbocycles. The number of aromatic nitrogens is 1. The van der Waals surface area contributed by atoms with Crippen molar-refractivity contribution < 1.29 is 31.4 Å². The summed E-state index contributed by atoms with van der Waals surface area (Å²) in [6.07, 6.45) is -8.29. The number of halogens is 6. The van der Waals surface area contributed by atoms with Crippen molar-refractivity contribution >= 4 is 0 Å². The molecule has 16 heavy (non-hydrogen) atoms. The summed E-state index contributed by atoms with van der Waals surface area (Å²) >= 11 is 0. The molecule has 1 aromatic heterocycles. The summed E-state index contributed by atoms with van der Waals surface area (Å²) in [6.45, 7) is -1.19. The Hall–Kier alpha value is -1.31. The average molecular weight is 245 g/mol. The summed E-state index contributed by atoms with van der Waals surface area (Å²) in [6, 6.07) is -0.124. The maximum absolute atomic E-state index is 12.9. The van der Waals surface area contributed by atoms with Gasteiger partial charge in [-0.25, -0.2) is 18.2 Å². The summed E-state index contributed by atoms with van der Waals surface area (Å²) < 4.78 is 73.8. The highest BCUT2D eigenvalue weighted by atomic mass is 19.4. The smallest absolute Gasteiger partial charge is 0.390 e. The standard InChI is InChI=1S/C8H5F6NO/c9-3-1-5(8(12,13)14)15-4(2-16)6(3)7(10)11/h1,7,16H,2H2. The van der Waals surface area contributed by atoms with Crippen LogP contribution in [-0.4, -0.2) is 10.1 Å². The van der Waals surface area contributed by atoms with Crippen molar-refractivity contribution in [3.05, 3.63) is 28.8 Å². The molecule has 0 saturated carbocycles. The van der Waals surface area contributed by atoms with Gasteiger partial charge in [-0.3, -0.25) is 0 Å². The van der Waals surface area contributed by atoms with Crippen LogP contribution in [0, 0.1) is 5.82 Å². The Morgan fingerprint density at radius 1 is 1.31 bits per heavy atom. The Morgan fingerprint density at radius 3 is 2.25 bits per heavy atom. The minimum atomic E-state index is -4.95. The highest BCUT2D eigenvalue weighted by Gasteiger charge is 2.35. The van der Waals surface area contributed by atoms with Gasteiger partial charge in [-0.05, 0) is 0 Å². The zero-order chi connectivity index (χ0) is 12.5. The van der Waals surface area contributed by atoms with Crippen LogP contribution in [-0.2, 0) is 12.8 Å². The highest BCUT2D eigenvalue weighted by Crippen LogP contribution is 2.32. The molecular weight excluding hydrogens is 240 g/mol. The molecule has 1 aromatic rings. The Kier molecular flexibility index (Phi) is 3.41. The van der Waals surface area contributed by atoms with Crippen LogP contribution in [0.25, 0.3) is 0 Å². The van der Waals surface area contributed by atoms with Crippen molar-refractivity contribution in [2.24, 2.45) is 0 Å². The van der Waals surface area contributed by atoms with Crippen LogP contribution in [0.15, 0.2) is 6.07 Å². The van der Waals surface area contributed by atoms with Crippen LogP contribution in [0.4, 0.5) is 26.3 Å². The molecule has 0 aliphatic heterocycles. The highest BCUT2D eigenvalue weighted by molar-refractivity contribution is 5.27. The molecule has 1 N–H and O–H groups in total. The van der Waals surface area contributed by atoms with Crippen LogP contribution < -0.4 is 0 Å². The molecule has 0 radical (unpaired) electrons. The van der Waals surface area contributed by atoms with Gasteiger partial charge in [-0.15, -0.1) is 0 Å². The molecule has 0 atom stereocenters. The summed E-state index contributed by atoms with van der Waals surface area (Å²) in [4.78, 5) is 2.75. The maximum Gasteiger partial charge on any atom is 0.433 e. The van der Waals surface area contributed by atoms with Crippen molar-refractivity contribution in [3.8, 4) is 0 Å². The second-order valence-electron chi connectivity index (χ2n) is 2.81. The van der Waals surface area contributed by atoms with E-state index in [0.717, 1.165) is 0 Å². The monoisotopic (exact) mass is 245 g/mol.